The van der Waals surface area contributed by atoms with Crippen LogP contribution in [-0.2, 0) is 6.42 Å². The van der Waals surface area contributed by atoms with Crippen LogP contribution in [-0.4, -0.2) is 42.7 Å². The number of anilines is 1. The van der Waals surface area contributed by atoms with Crippen LogP contribution < -0.4 is 19.5 Å². The molecular formula is C22H25N3O5S. The zero-order chi connectivity index (χ0) is 22.4. The van der Waals surface area contributed by atoms with Gasteiger partial charge in [0.1, 0.15) is 0 Å². The highest BCUT2D eigenvalue weighted by Crippen LogP contribution is 2.38. The highest BCUT2D eigenvalue weighted by molar-refractivity contribution is 7.99. The Morgan fingerprint density at radius 1 is 1.03 bits per heavy atom. The summed E-state index contributed by atoms with van der Waals surface area (Å²) in [6.45, 7) is 4.32. The number of methoxy groups -OCH3 is 3. The molecule has 0 aliphatic heterocycles. The van der Waals surface area contributed by atoms with Gasteiger partial charge >= 0.3 is 6.01 Å². The molecule has 3 rings (SSSR count). The van der Waals surface area contributed by atoms with Crippen LogP contribution in [0.5, 0.6) is 17.2 Å². The number of hydrogen-bond donors (Lipinski definition) is 1. The topological polar surface area (TPSA) is 95.7 Å². The van der Waals surface area contributed by atoms with Crippen LogP contribution in [0.4, 0.5) is 6.01 Å². The van der Waals surface area contributed by atoms with Crippen molar-refractivity contribution in [3.63, 3.8) is 0 Å². The van der Waals surface area contributed by atoms with E-state index in [4.69, 9.17) is 18.6 Å². The van der Waals surface area contributed by atoms with E-state index >= 15 is 0 Å². The molecule has 9 heteroatoms. The first-order chi connectivity index (χ1) is 14.9. The predicted octanol–water partition coefficient (Wildman–Crippen LogP) is 4.44. The summed E-state index contributed by atoms with van der Waals surface area (Å²) in [5.74, 6) is 1.11. The van der Waals surface area contributed by atoms with Gasteiger partial charge in [-0.25, -0.2) is 0 Å². The maximum absolute atomic E-state index is 12.6. The summed E-state index contributed by atoms with van der Waals surface area (Å²) in [6.07, 6.45) is 0.472. The van der Waals surface area contributed by atoms with Crippen LogP contribution in [0.3, 0.4) is 0 Å². The Morgan fingerprint density at radius 3 is 2.23 bits per heavy atom. The normalized spacial score (nSPS) is 10.8. The monoisotopic (exact) mass is 443 g/mol. The molecule has 8 nitrogen and oxygen atoms in total. The van der Waals surface area contributed by atoms with E-state index in [0.717, 1.165) is 5.56 Å². The molecule has 0 aliphatic carbocycles. The van der Waals surface area contributed by atoms with Gasteiger partial charge in [0.25, 0.3) is 5.91 Å². The van der Waals surface area contributed by atoms with E-state index in [0.29, 0.717) is 40.4 Å². The van der Waals surface area contributed by atoms with Gasteiger partial charge in [0.15, 0.2) is 11.5 Å². The maximum atomic E-state index is 12.6. The lowest BCUT2D eigenvalue weighted by molar-refractivity contribution is 0.102. The molecule has 0 atom stereocenters. The highest BCUT2D eigenvalue weighted by Gasteiger charge is 2.18. The molecule has 0 spiro atoms. The van der Waals surface area contributed by atoms with E-state index < -0.39 is 5.91 Å². The van der Waals surface area contributed by atoms with Crippen LogP contribution in [0.25, 0.3) is 0 Å². The van der Waals surface area contributed by atoms with Crippen LogP contribution in [0.2, 0.25) is 0 Å². The second kappa shape index (κ2) is 10.2. The zero-order valence-corrected chi connectivity index (χ0v) is 18.9. The summed E-state index contributed by atoms with van der Waals surface area (Å²) in [5.41, 5.74) is 1.34. The highest BCUT2D eigenvalue weighted by atomic mass is 32.2. The first kappa shape index (κ1) is 22.5. The van der Waals surface area contributed by atoms with E-state index in [1.54, 1.807) is 23.9 Å². The van der Waals surface area contributed by atoms with Gasteiger partial charge in [-0.1, -0.05) is 31.1 Å². The molecule has 1 N–H and O–H groups in total. The lowest BCUT2D eigenvalue weighted by atomic mass is 10.1. The lowest BCUT2D eigenvalue weighted by Gasteiger charge is -2.13. The van der Waals surface area contributed by atoms with Crippen molar-refractivity contribution in [2.24, 2.45) is 0 Å². The third-order valence-corrected chi connectivity index (χ3v) is 5.28. The van der Waals surface area contributed by atoms with Gasteiger partial charge in [0.2, 0.25) is 11.6 Å². The van der Waals surface area contributed by atoms with Crippen LogP contribution >= 0.6 is 11.8 Å². The van der Waals surface area contributed by atoms with Gasteiger partial charge in [-0.2, -0.15) is 0 Å². The average molecular weight is 444 g/mol. The molecule has 1 heterocycles. The zero-order valence-electron chi connectivity index (χ0n) is 18.1. The smallest absolute Gasteiger partial charge is 0.322 e. The van der Waals surface area contributed by atoms with Crippen molar-refractivity contribution in [2.75, 3.05) is 26.6 Å². The fraction of sp³-hybridized carbons (Fsp3) is 0.318. The van der Waals surface area contributed by atoms with E-state index in [9.17, 15) is 4.79 Å². The Labute approximate surface area is 185 Å². The van der Waals surface area contributed by atoms with Crippen molar-refractivity contribution >= 4 is 23.7 Å². The molecule has 0 bridgehead atoms. The van der Waals surface area contributed by atoms with Crippen molar-refractivity contribution in [1.29, 1.82) is 0 Å². The summed E-state index contributed by atoms with van der Waals surface area (Å²) < 4.78 is 21.4. The number of hydrogen-bond acceptors (Lipinski definition) is 8. The number of amides is 1. The Balaban J connectivity index is 1.69. The number of carbonyl (C=O) groups is 1. The van der Waals surface area contributed by atoms with E-state index in [1.165, 1.54) is 26.2 Å². The molecule has 0 saturated heterocycles. The van der Waals surface area contributed by atoms with Crippen LogP contribution in [0.15, 0.2) is 45.7 Å². The van der Waals surface area contributed by atoms with Crippen molar-refractivity contribution in [2.45, 2.75) is 30.4 Å². The van der Waals surface area contributed by atoms with E-state index in [-0.39, 0.29) is 6.01 Å². The molecule has 0 saturated carbocycles. The fourth-order valence-corrected chi connectivity index (χ4v) is 3.73. The molecule has 0 fully saturated rings. The minimum Gasteiger partial charge on any atom is -0.493 e. The number of aromatic nitrogens is 2. The summed E-state index contributed by atoms with van der Waals surface area (Å²) in [7, 11) is 4.46. The number of nitrogens with one attached hydrogen (secondary N) is 1. The van der Waals surface area contributed by atoms with Crippen LogP contribution in [0.1, 0.15) is 35.7 Å². The standard InChI is InChI=1S/C22H25N3O5S/c1-13(2)31-16-8-6-14(7-9-16)10-19-24-25-22(30-19)23-21(26)15-11-17(27-3)20(29-5)18(12-15)28-4/h6-9,11-13H,10H2,1-5H3,(H,23,25,26). The fourth-order valence-electron chi connectivity index (χ4n) is 2.89. The third kappa shape index (κ3) is 5.69. The number of ether oxygens (including phenoxy) is 3. The molecule has 1 aromatic heterocycles. The summed E-state index contributed by atoms with van der Waals surface area (Å²) in [4.78, 5) is 13.9. The molecule has 0 unspecified atom stereocenters. The number of nitrogens with zero attached hydrogens (tertiary/aromatic N) is 2. The molecule has 1 amide bonds. The quantitative estimate of drug-likeness (QED) is 0.485. The summed E-state index contributed by atoms with van der Waals surface area (Å²) in [5, 5.41) is 11.1. The van der Waals surface area contributed by atoms with E-state index in [2.05, 4.69) is 41.5 Å². The predicted molar refractivity (Wildman–Crippen MR) is 119 cm³/mol. The lowest BCUT2D eigenvalue weighted by Crippen LogP contribution is -2.13. The number of benzene rings is 2. The second-order valence-corrected chi connectivity index (χ2v) is 8.51. The Bertz CT molecular complexity index is 1010. The van der Waals surface area contributed by atoms with Gasteiger partial charge in [0, 0.05) is 15.7 Å². The van der Waals surface area contributed by atoms with Gasteiger partial charge in [-0.05, 0) is 29.8 Å². The van der Waals surface area contributed by atoms with Crippen molar-refractivity contribution in [1.82, 2.24) is 10.2 Å². The van der Waals surface area contributed by atoms with E-state index in [1.807, 2.05) is 12.1 Å². The van der Waals surface area contributed by atoms with Crippen molar-refractivity contribution in [3.05, 3.63) is 53.4 Å². The molecule has 3 aromatic rings. The molecular weight excluding hydrogens is 418 g/mol. The van der Waals surface area contributed by atoms with Gasteiger partial charge < -0.3 is 18.6 Å². The van der Waals surface area contributed by atoms with Crippen molar-refractivity contribution < 1.29 is 23.4 Å². The third-order valence-electron chi connectivity index (χ3n) is 4.26. The van der Waals surface area contributed by atoms with Crippen LogP contribution in [0, 0.1) is 0 Å². The largest absolute Gasteiger partial charge is 0.493 e. The Hall–Kier alpha value is -3.20. The first-order valence-corrected chi connectivity index (χ1v) is 10.5. The maximum Gasteiger partial charge on any atom is 0.322 e. The molecule has 0 aliphatic rings. The number of rotatable bonds is 9. The SMILES string of the molecule is COc1cc(C(=O)Nc2nnc(Cc3ccc(SC(C)C)cc3)o2)cc(OC)c1OC. The number of thioether (sulfide) groups is 1. The first-order valence-electron chi connectivity index (χ1n) is 9.62. The second-order valence-electron chi connectivity index (χ2n) is 6.86. The molecule has 164 valence electrons. The summed E-state index contributed by atoms with van der Waals surface area (Å²) >= 11 is 1.81. The Kier molecular flexibility index (Phi) is 7.41. The minimum absolute atomic E-state index is 0.0146. The van der Waals surface area contributed by atoms with Gasteiger partial charge in [-0.15, -0.1) is 16.9 Å². The molecule has 2 aromatic carbocycles. The average Bonchev–Trinajstić information content (AvgIpc) is 3.20. The number of carbonyl (C=O) groups excluding carboxylic acids is 1. The Morgan fingerprint density at radius 2 is 1.68 bits per heavy atom. The summed E-state index contributed by atoms with van der Waals surface area (Å²) in [6, 6.07) is 11.3. The molecule has 31 heavy (non-hydrogen) atoms. The molecule has 0 radical (unpaired) electrons. The van der Waals surface area contributed by atoms with Gasteiger partial charge in [0.05, 0.1) is 27.8 Å². The minimum atomic E-state index is -0.440. The van der Waals surface area contributed by atoms with Gasteiger partial charge in [-0.3, -0.25) is 10.1 Å². The van der Waals surface area contributed by atoms with Crippen molar-refractivity contribution in [3.8, 4) is 17.2 Å².